The zero-order valence-corrected chi connectivity index (χ0v) is 14.5. The van der Waals surface area contributed by atoms with Crippen molar-refractivity contribution in [2.45, 2.75) is 6.61 Å². The predicted octanol–water partition coefficient (Wildman–Crippen LogP) is 2.95. The van der Waals surface area contributed by atoms with Crippen LogP contribution < -0.4 is 5.56 Å². The van der Waals surface area contributed by atoms with Crippen LogP contribution in [0.25, 0.3) is 22.2 Å². The van der Waals surface area contributed by atoms with Crippen molar-refractivity contribution in [1.29, 1.82) is 0 Å². The van der Waals surface area contributed by atoms with E-state index in [-0.39, 0.29) is 17.9 Å². The molecule has 0 atom stereocenters. The molecule has 2 aromatic heterocycles. The van der Waals surface area contributed by atoms with Gasteiger partial charge in [-0.25, -0.2) is 14.5 Å². The van der Waals surface area contributed by atoms with Crippen LogP contribution in [0.5, 0.6) is 0 Å². The van der Waals surface area contributed by atoms with E-state index < -0.39 is 5.97 Å². The Morgan fingerprint density at radius 3 is 2.56 bits per heavy atom. The quantitative estimate of drug-likeness (QED) is 0.519. The van der Waals surface area contributed by atoms with Crippen LogP contribution in [0.3, 0.4) is 0 Å². The van der Waals surface area contributed by atoms with E-state index in [1.165, 1.54) is 13.3 Å². The molecule has 4 aromatic rings. The molecule has 2 heterocycles. The van der Waals surface area contributed by atoms with Gasteiger partial charge < -0.3 is 9.15 Å². The summed E-state index contributed by atoms with van der Waals surface area (Å²) < 4.78 is 11.9. The minimum atomic E-state index is -0.633. The highest BCUT2D eigenvalue weighted by molar-refractivity contribution is 6.02. The van der Waals surface area contributed by atoms with Crippen molar-refractivity contribution in [2.75, 3.05) is 0 Å². The van der Waals surface area contributed by atoms with Gasteiger partial charge in [0.2, 0.25) is 5.89 Å². The summed E-state index contributed by atoms with van der Waals surface area (Å²) in [5.74, 6) is -0.182. The summed E-state index contributed by atoms with van der Waals surface area (Å²) >= 11 is 0. The third-order valence-electron chi connectivity index (χ3n) is 4.07. The molecule has 0 N–H and O–H groups in total. The van der Waals surface area contributed by atoms with E-state index in [2.05, 4.69) is 10.1 Å². The molecule has 4 rings (SSSR count). The fourth-order valence-corrected chi connectivity index (χ4v) is 2.74. The fraction of sp³-hybridized carbons (Fsp3) is 0.100. The molecular formula is C20H15N3O4. The van der Waals surface area contributed by atoms with Crippen LogP contribution in [0.1, 0.15) is 16.2 Å². The number of ether oxygens (including phenoxy) is 1. The standard InChI is InChI=1S/C20H15N3O4/c1-23-19(24)16-10-6-5-9-15(16)17(22-23)20(25)27-12-14-11-26-18(21-14)13-7-3-2-4-8-13/h2-11H,12H2,1H3. The monoisotopic (exact) mass is 361 g/mol. The van der Waals surface area contributed by atoms with Crippen LogP contribution in [-0.4, -0.2) is 20.7 Å². The van der Waals surface area contributed by atoms with E-state index in [4.69, 9.17) is 9.15 Å². The first kappa shape index (κ1) is 16.7. The van der Waals surface area contributed by atoms with Crippen molar-refractivity contribution in [2.24, 2.45) is 7.05 Å². The Morgan fingerprint density at radius 2 is 1.78 bits per heavy atom. The Hall–Kier alpha value is -3.74. The number of carbonyl (C=O) groups is 1. The van der Waals surface area contributed by atoms with Crippen molar-refractivity contribution in [3.8, 4) is 11.5 Å². The molecule has 7 nitrogen and oxygen atoms in total. The molecule has 0 saturated carbocycles. The maximum Gasteiger partial charge on any atom is 0.359 e. The first-order chi connectivity index (χ1) is 13.1. The number of aromatic nitrogens is 3. The molecule has 7 heteroatoms. The molecular weight excluding hydrogens is 346 g/mol. The molecule has 0 spiro atoms. The third kappa shape index (κ3) is 3.22. The van der Waals surface area contributed by atoms with Crippen molar-refractivity contribution in [3.63, 3.8) is 0 Å². The first-order valence-electron chi connectivity index (χ1n) is 8.26. The summed E-state index contributed by atoms with van der Waals surface area (Å²) in [6, 6.07) is 16.2. The number of carbonyl (C=O) groups excluding carboxylic acids is 1. The van der Waals surface area contributed by atoms with Gasteiger partial charge in [-0.3, -0.25) is 4.79 Å². The van der Waals surface area contributed by atoms with E-state index in [0.717, 1.165) is 10.2 Å². The van der Waals surface area contributed by atoms with Crippen molar-refractivity contribution >= 4 is 16.7 Å². The molecule has 0 aliphatic rings. The molecule has 0 unspecified atom stereocenters. The summed E-state index contributed by atoms with van der Waals surface area (Å²) in [5, 5.41) is 4.92. The van der Waals surface area contributed by atoms with Gasteiger partial charge in [0, 0.05) is 18.0 Å². The van der Waals surface area contributed by atoms with E-state index in [9.17, 15) is 9.59 Å². The van der Waals surface area contributed by atoms with E-state index in [1.54, 1.807) is 24.3 Å². The number of oxazole rings is 1. The molecule has 27 heavy (non-hydrogen) atoms. The Balaban J connectivity index is 1.56. The average Bonchev–Trinajstić information content (AvgIpc) is 3.19. The Morgan fingerprint density at radius 1 is 1.07 bits per heavy atom. The fourth-order valence-electron chi connectivity index (χ4n) is 2.74. The van der Waals surface area contributed by atoms with Gasteiger partial charge in [0.1, 0.15) is 18.6 Å². The van der Waals surface area contributed by atoms with Crippen molar-refractivity contribution in [1.82, 2.24) is 14.8 Å². The van der Waals surface area contributed by atoms with Crippen LogP contribution in [0.2, 0.25) is 0 Å². The first-order valence-corrected chi connectivity index (χ1v) is 8.26. The maximum atomic E-state index is 12.5. The number of nitrogens with zero attached hydrogens (tertiary/aromatic N) is 3. The van der Waals surface area contributed by atoms with Crippen molar-refractivity contribution < 1.29 is 13.9 Å². The predicted molar refractivity (Wildman–Crippen MR) is 98.0 cm³/mol. The van der Waals surface area contributed by atoms with E-state index >= 15 is 0 Å². The summed E-state index contributed by atoms with van der Waals surface area (Å²) in [6.45, 7) is -0.0615. The molecule has 0 saturated heterocycles. The highest BCUT2D eigenvalue weighted by atomic mass is 16.5. The molecule has 0 aliphatic heterocycles. The van der Waals surface area contributed by atoms with Crippen LogP contribution in [0.15, 0.2) is 70.1 Å². The Kier molecular flexibility index (Phi) is 4.25. The van der Waals surface area contributed by atoms with Crippen LogP contribution in [0.4, 0.5) is 0 Å². The number of benzene rings is 2. The molecule has 0 fully saturated rings. The number of hydrogen-bond donors (Lipinski definition) is 0. The molecule has 134 valence electrons. The van der Waals surface area contributed by atoms with Gasteiger partial charge in [-0.1, -0.05) is 36.4 Å². The maximum absolute atomic E-state index is 12.5. The lowest BCUT2D eigenvalue weighted by atomic mass is 10.1. The Labute approximate surface area is 153 Å². The second-order valence-corrected chi connectivity index (χ2v) is 5.91. The summed E-state index contributed by atoms with van der Waals surface area (Å²) in [7, 11) is 1.50. The second kappa shape index (κ2) is 6.87. The topological polar surface area (TPSA) is 87.2 Å². The van der Waals surface area contributed by atoms with Gasteiger partial charge in [-0.05, 0) is 18.2 Å². The van der Waals surface area contributed by atoms with Crippen LogP contribution in [0, 0.1) is 0 Å². The number of aryl methyl sites for hydroxylation is 1. The lowest BCUT2D eigenvalue weighted by Gasteiger charge is -2.07. The van der Waals surface area contributed by atoms with Crippen molar-refractivity contribution in [3.05, 3.63) is 82.6 Å². The summed E-state index contributed by atoms with van der Waals surface area (Å²) in [6.07, 6.45) is 1.45. The third-order valence-corrected chi connectivity index (χ3v) is 4.07. The average molecular weight is 361 g/mol. The van der Waals surface area contributed by atoms with Crippen LogP contribution in [-0.2, 0) is 18.4 Å². The summed E-state index contributed by atoms with van der Waals surface area (Å²) in [4.78, 5) is 29.0. The second-order valence-electron chi connectivity index (χ2n) is 5.91. The SMILES string of the molecule is Cn1nc(C(=O)OCc2coc(-c3ccccc3)n2)c2ccccc2c1=O. The Bertz CT molecular complexity index is 1180. The molecule has 0 amide bonds. The van der Waals surface area contributed by atoms with Crippen LogP contribution >= 0.6 is 0 Å². The number of fused-ring (bicyclic) bond motifs is 1. The van der Waals surface area contributed by atoms with Gasteiger partial charge >= 0.3 is 5.97 Å². The molecule has 0 bridgehead atoms. The van der Waals surface area contributed by atoms with Gasteiger partial charge in [-0.2, -0.15) is 5.10 Å². The molecule has 0 aliphatic carbocycles. The van der Waals surface area contributed by atoms with Gasteiger partial charge in [0.05, 0.1) is 5.39 Å². The zero-order valence-electron chi connectivity index (χ0n) is 14.5. The normalized spacial score (nSPS) is 10.9. The van der Waals surface area contributed by atoms with E-state index in [0.29, 0.717) is 22.4 Å². The lowest BCUT2D eigenvalue weighted by Crippen LogP contribution is -2.23. The minimum absolute atomic E-state index is 0.0615. The molecule has 2 aromatic carbocycles. The molecule has 0 radical (unpaired) electrons. The minimum Gasteiger partial charge on any atom is -0.454 e. The highest BCUT2D eigenvalue weighted by Gasteiger charge is 2.17. The lowest BCUT2D eigenvalue weighted by molar-refractivity contribution is 0.0460. The number of rotatable bonds is 4. The smallest absolute Gasteiger partial charge is 0.359 e. The largest absolute Gasteiger partial charge is 0.454 e. The van der Waals surface area contributed by atoms with Gasteiger partial charge in [0.25, 0.3) is 5.56 Å². The summed E-state index contributed by atoms with van der Waals surface area (Å²) in [5.41, 5.74) is 1.13. The highest BCUT2D eigenvalue weighted by Crippen LogP contribution is 2.19. The van der Waals surface area contributed by atoms with E-state index in [1.807, 2.05) is 30.3 Å². The number of hydrogen-bond acceptors (Lipinski definition) is 6. The van der Waals surface area contributed by atoms with Gasteiger partial charge in [-0.15, -0.1) is 0 Å². The van der Waals surface area contributed by atoms with Gasteiger partial charge in [0.15, 0.2) is 5.69 Å². The zero-order chi connectivity index (χ0) is 18.8. The number of esters is 1.